The Morgan fingerprint density at radius 1 is 1.80 bits per heavy atom. The van der Waals surface area contributed by atoms with Gasteiger partial charge < -0.3 is 10.8 Å². The largest absolute Gasteiger partial charge is 0.476 e. The van der Waals surface area contributed by atoms with Crippen LogP contribution in [0.2, 0.25) is 0 Å². The predicted molar refractivity (Wildman–Crippen MR) is 48.3 cm³/mol. The molecular formula is C9H8FN3O2. The normalized spacial score (nSPS) is 11.8. The smallest absolute Gasteiger partial charge is 0.357 e. The molecule has 0 bridgehead atoms. The number of aromatic nitrogens is 1. The van der Waals surface area contributed by atoms with Crippen LogP contribution in [0.1, 0.15) is 28.5 Å². The molecule has 3 N–H and O–H groups in total. The van der Waals surface area contributed by atoms with E-state index in [0.29, 0.717) is 5.56 Å². The van der Waals surface area contributed by atoms with E-state index in [1.807, 2.05) is 6.07 Å². The maximum Gasteiger partial charge on any atom is 0.357 e. The van der Waals surface area contributed by atoms with Gasteiger partial charge in [0, 0.05) is 12.2 Å². The zero-order valence-corrected chi connectivity index (χ0v) is 7.64. The summed E-state index contributed by atoms with van der Waals surface area (Å²) in [6.07, 6.45) is 1.18. The lowest BCUT2D eigenvalue weighted by molar-refractivity contribution is 0.0685. The van der Waals surface area contributed by atoms with Crippen LogP contribution in [0.4, 0.5) is 4.39 Å². The van der Waals surface area contributed by atoms with Crippen molar-refractivity contribution in [3.8, 4) is 6.07 Å². The number of hydrogen-bond acceptors (Lipinski definition) is 4. The van der Waals surface area contributed by atoms with Crippen molar-refractivity contribution in [3.05, 3.63) is 29.3 Å². The van der Waals surface area contributed by atoms with Crippen molar-refractivity contribution < 1.29 is 14.3 Å². The summed E-state index contributed by atoms with van der Waals surface area (Å²) in [5.41, 5.74) is 5.18. The first kappa shape index (κ1) is 11.1. The number of hydrogen-bond donors (Lipinski definition) is 2. The molecule has 1 atom stereocenters. The quantitative estimate of drug-likeness (QED) is 0.767. The fourth-order valence-electron chi connectivity index (χ4n) is 1.03. The zero-order chi connectivity index (χ0) is 11.4. The van der Waals surface area contributed by atoms with Gasteiger partial charge in [0.2, 0.25) is 0 Å². The van der Waals surface area contributed by atoms with E-state index in [-0.39, 0.29) is 6.42 Å². The molecule has 0 aromatic carbocycles. The van der Waals surface area contributed by atoms with E-state index in [1.54, 1.807) is 0 Å². The van der Waals surface area contributed by atoms with Crippen LogP contribution < -0.4 is 5.73 Å². The Labute approximate surface area is 85.0 Å². The van der Waals surface area contributed by atoms with Crippen LogP contribution in [0.15, 0.2) is 12.3 Å². The number of carboxylic acid groups (broad SMARTS) is 1. The summed E-state index contributed by atoms with van der Waals surface area (Å²) >= 11 is 0. The van der Waals surface area contributed by atoms with Crippen molar-refractivity contribution in [3.63, 3.8) is 0 Å². The molecule has 6 heteroatoms. The minimum absolute atomic E-state index is 0.0214. The summed E-state index contributed by atoms with van der Waals surface area (Å²) in [5, 5.41) is 16.9. The second-order valence-corrected chi connectivity index (χ2v) is 2.87. The summed E-state index contributed by atoms with van der Waals surface area (Å²) < 4.78 is 13.1. The van der Waals surface area contributed by atoms with Crippen LogP contribution in [-0.4, -0.2) is 16.1 Å². The number of pyridine rings is 1. The van der Waals surface area contributed by atoms with Gasteiger partial charge in [-0.1, -0.05) is 0 Å². The van der Waals surface area contributed by atoms with Gasteiger partial charge in [0.25, 0.3) is 0 Å². The van der Waals surface area contributed by atoms with Gasteiger partial charge in [-0.25, -0.2) is 14.2 Å². The van der Waals surface area contributed by atoms with Crippen molar-refractivity contribution in [2.24, 2.45) is 5.73 Å². The highest BCUT2D eigenvalue weighted by Gasteiger charge is 2.14. The highest BCUT2D eigenvalue weighted by Crippen LogP contribution is 2.15. The van der Waals surface area contributed by atoms with Crippen LogP contribution in [0.25, 0.3) is 0 Å². The number of halogens is 1. The first-order chi connectivity index (χ1) is 7.06. The number of nitriles is 1. The lowest BCUT2D eigenvalue weighted by atomic mass is 10.1. The van der Waals surface area contributed by atoms with Gasteiger partial charge in [-0.3, -0.25) is 0 Å². The number of rotatable bonds is 3. The molecule has 0 amide bonds. The van der Waals surface area contributed by atoms with Gasteiger partial charge in [0.1, 0.15) is 0 Å². The molecule has 1 aromatic heterocycles. The minimum atomic E-state index is -1.44. The number of aromatic carboxylic acids is 1. The minimum Gasteiger partial charge on any atom is -0.476 e. The molecule has 1 heterocycles. The standard InChI is InChI=1S/C9H8FN3O2/c10-6-3-5(7(12)1-2-11)4-13-8(6)9(14)15/h3-4,7H,1,12H2,(H,14,15). The van der Waals surface area contributed by atoms with Crippen molar-refractivity contribution in [1.82, 2.24) is 4.98 Å². The number of nitrogens with zero attached hydrogens (tertiary/aromatic N) is 2. The molecule has 0 spiro atoms. The lowest BCUT2D eigenvalue weighted by Gasteiger charge is -2.07. The fraction of sp³-hybridized carbons (Fsp3) is 0.222. The summed E-state index contributed by atoms with van der Waals surface area (Å²) in [6.45, 7) is 0. The van der Waals surface area contributed by atoms with Gasteiger partial charge in [0.05, 0.1) is 12.5 Å². The summed E-state index contributed by atoms with van der Waals surface area (Å²) in [5.74, 6) is -2.39. The Hall–Kier alpha value is -2.00. The van der Waals surface area contributed by atoms with Crippen molar-refractivity contribution in [1.29, 1.82) is 5.26 Å². The third-order valence-electron chi connectivity index (χ3n) is 1.80. The second kappa shape index (κ2) is 4.48. The summed E-state index contributed by atoms with van der Waals surface area (Å²) in [7, 11) is 0. The molecule has 0 radical (unpaired) electrons. The summed E-state index contributed by atoms with van der Waals surface area (Å²) in [4.78, 5) is 13.9. The van der Waals surface area contributed by atoms with Crippen LogP contribution >= 0.6 is 0 Å². The predicted octanol–water partition coefficient (Wildman–Crippen LogP) is 0.832. The van der Waals surface area contributed by atoms with Crippen LogP contribution in [0.3, 0.4) is 0 Å². The topological polar surface area (TPSA) is 100 Å². The molecule has 1 rings (SSSR count). The van der Waals surface area contributed by atoms with Crippen molar-refractivity contribution in [2.75, 3.05) is 0 Å². The second-order valence-electron chi connectivity index (χ2n) is 2.87. The average molecular weight is 209 g/mol. The fourth-order valence-corrected chi connectivity index (χ4v) is 1.03. The third-order valence-corrected chi connectivity index (χ3v) is 1.80. The molecule has 0 saturated heterocycles. The molecule has 5 nitrogen and oxygen atoms in total. The maximum absolute atomic E-state index is 13.1. The first-order valence-electron chi connectivity index (χ1n) is 4.07. The summed E-state index contributed by atoms with van der Waals surface area (Å²) in [6, 6.07) is 2.16. The SMILES string of the molecule is N#CCC(N)c1cnc(C(=O)O)c(F)c1. The molecule has 15 heavy (non-hydrogen) atoms. The highest BCUT2D eigenvalue weighted by molar-refractivity contribution is 5.85. The molecule has 0 aliphatic carbocycles. The first-order valence-corrected chi connectivity index (χ1v) is 4.07. The van der Waals surface area contributed by atoms with E-state index >= 15 is 0 Å². The van der Waals surface area contributed by atoms with Crippen LogP contribution in [-0.2, 0) is 0 Å². The molecular weight excluding hydrogens is 201 g/mol. The van der Waals surface area contributed by atoms with Gasteiger partial charge in [-0.05, 0) is 11.6 Å². The average Bonchev–Trinajstić information content (AvgIpc) is 2.17. The molecule has 1 unspecified atom stereocenters. The van der Waals surface area contributed by atoms with E-state index in [2.05, 4.69) is 4.98 Å². The van der Waals surface area contributed by atoms with Gasteiger partial charge in [-0.2, -0.15) is 5.26 Å². The number of nitrogens with two attached hydrogens (primary N) is 1. The van der Waals surface area contributed by atoms with Gasteiger partial charge in [0.15, 0.2) is 11.5 Å². The maximum atomic E-state index is 13.1. The Morgan fingerprint density at radius 2 is 2.47 bits per heavy atom. The lowest BCUT2D eigenvalue weighted by Crippen LogP contribution is -2.12. The van der Waals surface area contributed by atoms with Crippen LogP contribution in [0, 0.1) is 17.1 Å². The van der Waals surface area contributed by atoms with Crippen molar-refractivity contribution >= 4 is 5.97 Å². The van der Waals surface area contributed by atoms with Gasteiger partial charge >= 0.3 is 5.97 Å². The van der Waals surface area contributed by atoms with E-state index in [9.17, 15) is 9.18 Å². The third kappa shape index (κ3) is 2.48. The molecule has 0 fully saturated rings. The molecule has 0 aliphatic rings. The van der Waals surface area contributed by atoms with Crippen LogP contribution in [0.5, 0.6) is 0 Å². The van der Waals surface area contributed by atoms with E-state index in [1.165, 1.54) is 0 Å². The monoisotopic (exact) mass is 209 g/mol. The zero-order valence-electron chi connectivity index (χ0n) is 7.64. The molecule has 78 valence electrons. The Bertz CT molecular complexity index is 428. The van der Waals surface area contributed by atoms with E-state index in [4.69, 9.17) is 16.1 Å². The van der Waals surface area contributed by atoms with E-state index < -0.39 is 23.5 Å². The van der Waals surface area contributed by atoms with Crippen molar-refractivity contribution in [2.45, 2.75) is 12.5 Å². The molecule has 1 aromatic rings. The van der Waals surface area contributed by atoms with E-state index in [0.717, 1.165) is 12.3 Å². The number of carbonyl (C=O) groups is 1. The molecule has 0 aliphatic heterocycles. The Balaban J connectivity index is 3.02. The number of carboxylic acids is 1. The van der Waals surface area contributed by atoms with Gasteiger partial charge in [-0.15, -0.1) is 0 Å². The molecule has 0 saturated carbocycles. The highest BCUT2D eigenvalue weighted by atomic mass is 19.1. The Morgan fingerprint density at radius 3 is 2.93 bits per heavy atom. The Kier molecular flexibility index (Phi) is 3.31.